The van der Waals surface area contributed by atoms with Crippen molar-refractivity contribution in [3.8, 4) is 5.75 Å². The van der Waals surface area contributed by atoms with Gasteiger partial charge in [0, 0.05) is 10.2 Å². The highest BCUT2D eigenvalue weighted by Crippen LogP contribution is 2.38. The van der Waals surface area contributed by atoms with E-state index in [0.717, 1.165) is 22.6 Å². The summed E-state index contributed by atoms with van der Waals surface area (Å²) in [5.41, 5.74) is 0. The molecule has 1 aliphatic rings. The minimum Gasteiger partial charge on any atom is -0.492 e. The van der Waals surface area contributed by atoms with Gasteiger partial charge in [-0.3, -0.25) is 0 Å². The number of hydrogen-bond acceptors (Lipinski definition) is 2. The lowest BCUT2D eigenvalue weighted by Gasteiger charge is -2.17. The molecule has 0 aliphatic carbocycles. The summed E-state index contributed by atoms with van der Waals surface area (Å²) in [5, 5.41) is 0. The van der Waals surface area contributed by atoms with E-state index in [2.05, 4.69) is 15.9 Å². The highest BCUT2D eigenvalue weighted by Gasteiger charge is 2.12. The molecule has 0 fully saturated rings. The SMILES string of the molecule is Brc1cccc2c1SCCO2. The third-order valence-electron chi connectivity index (χ3n) is 1.52. The third-order valence-corrected chi connectivity index (χ3v) is 3.52. The highest BCUT2D eigenvalue weighted by molar-refractivity contribution is 9.10. The van der Waals surface area contributed by atoms with Crippen LogP contribution in [0.25, 0.3) is 0 Å². The molecule has 0 bridgehead atoms. The smallest absolute Gasteiger partial charge is 0.134 e. The van der Waals surface area contributed by atoms with Crippen molar-refractivity contribution >= 4 is 27.7 Å². The molecule has 2 rings (SSSR count). The van der Waals surface area contributed by atoms with Crippen LogP contribution in [-0.4, -0.2) is 12.4 Å². The maximum Gasteiger partial charge on any atom is 0.134 e. The van der Waals surface area contributed by atoms with Crippen molar-refractivity contribution in [1.29, 1.82) is 0 Å². The fourth-order valence-corrected chi connectivity index (χ4v) is 2.58. The van der Waals surface area contributed by atoms with E-state index in [-0.39, 0.29) is 0 Å². The van der Waals surface area contributed by atoms with Gasteiger partial charge in [-0.05, 0) is 28.1 Å². The number of halogens is 1. The molecule has 0 saturated heterocycles. The molecule has 1 aromatic carbocycles. The number of rotatable bonds is 0. The molecule has 0 saturated carbocycles. The molecule has 3 heteroatoms. The van der Waals surface area contributed by atoms with Crippen LogP contribution in [0.5, 0.6) is 5.75 Å². The van der Waals surface area contributed by atoms with Gasteiger partial charge in [0.2, 0.25) is 0 Å². The lowest BCUT2D eigenvalue weighted by Crippen LogP contribution is -2.06. The maximum absolute atomic E-state index is 5.45. The van der Waals surface area contributed by atoms with E-state index in [1.54, 1.807) is 0 Å². The zero-order chi connectivity index (χ0) is 7.68. The van der Waals surface area contributed by atoms with Crippen molar-refractivity contribution < 1.29 is 4.74 Å². The van der Waals surface area contributed by atoms with Crippen molar-refractivity contribution in [1.82, 2.24) is 0 Å². The molecule has 0 N–H and O–H groups in total. The van der Waals surface area contributed by atoms with E-state index < -0.39 is 0 Å². The second kappa shape index (κ2) is 3.07. The van der Waals surface area contributed by atoms with Crippen LogP contribution < -0.4 is 4.74 Å². The highest BCUT2D eigenvalue weighted by atomic mass is 79.9. The summed E-state index contributed by atoms with van der Waals surface area (Å²) < 4.78 is 6.59. The molecule has 0 atom stereocenters. The minimum atomic E-state index is 0.828. The van der Waals surface area contributed by atoms with E-state index in [1.807, 2.05) is 30.0 Å². The first-order valence-electron chi connectivity index (χ1n) is 3.42. The van der Waals surface area contributed by atoms with Crippen LogP contribution in [0.2, 0.25) is 0 Å². The average Bonchev–Trinajstić information content (AvgIpc) is 2.06. The van der Waals surface area contributed by atoms with Gasteiger partial charge >= 0.3 is 0 Å². The Balaban J connectivity index is 2.49. The Labute approximate surface area is 78.3 Å². The van der Waals surface area contributed by atoms with Crippen LogP contribution in [0.1, 0.15) is 0 Å². The summed E-state index contributed by atoms with van der Waals surface area (Å²) in [6.45, 7) is 0.828. The van der Waals surface area contributed by atoms with Gasteiger partial charge in [0.15, 0.2) is 0 Å². The van der Waals surface area contributed by atoms with Gasteiger partial charge in [0.1, 0.15) is 5.75 Å². The van der Waals surface area contributed by atoms with E-state index >= 15 is 0 Å². The molecule has 0 aromatic heterocycles. The molecular weight excluding hydrogens is 224 g/mol. The molecule has 1 heterocycles. The van der Waals surface area contributed by atoms with E-state index in [0.29, 0.717) is 0 Å². The van der Waals surface area contributed by atoms with Crippen molar-refractivity contribution in [3.05, 3.63) is 22.7 Å². The van der Waals surface area contributed by atoms with E-state index in [1.165, 1.54) is 4.90 Å². The Hall–Kier alpha value is -0.150. The average molecular weight is 231 g/mol. The predicted octanol–water partition coefficient (Wildman–Crippen LogP) is 2.93. The van der Waals surface area contributed by atoms with Gasteiger partial charge in [-0.15, -0.1) is 11.8 Å². The molecule has 0 spiro atoms. The number of thioether (sulfide) groups is 1. The molecule has 0 radical (unpaired) electrons. The Bertz CT molecular complexity index is 275. The normalized spacial score (nSPS) is 15.4. The molecule has 11 heavy (non-hydrogen) atoms. The van der Waals surface area contributed by atoms with Crippen molar-refractivity contribution in [3.63, 3.8) is 0 Å². The standard InChI is InChI=1S/C8H7BrOS/c9-6-2-1-3-7-8(6)11-5-4-10-7/h1-3H,4-5H2. The maximum atomic E-state index is 5.45. The number of benzene rings is 1. The molecule has 1 aromatic rings. The van der Waals surface area contributed by atoms with Crippen molar-refractivity contribution in [2.75, 3.05) is 12.4 Å². The van der Waals surface area contributed by atoms with Crippen LogP contribution >= 0.6 is 27.7 Å². The molecule has 1 aliphatic heterocycles. The topological polar surface area (TPSA) is 9.23 Å². The first-order chi connectivity index (χ1) is 5.38. The Morgan fingerprint density at radius 2 is 2.36 bits per heavy atom. The number of hydrogen-bond donors (Lipinski definition) is 0. The summed E-state index contributed by atoms with van der Waals surface area (Å²) in [4.78, 5) is 1.23. The van der Waals surface area contributed by atoms with Gasteiger partial charge in [-0.2, -0.15) is 0 Å². The molecule has 1 nitrogen and oxygen atoms in total. The van der Waals surface area contributed by atoms with E-state index in [9.17, 15) is 0 Å². The zero-order valence-electron chi connectivity index (χ0n) is 5.84. The summed E-state index contributed by atoms with van der Waals surface area (Å²) >= 11 is 5.32. The number of fused-ring (bicyclic) bond motifs is 1. The Morgan fingerprint density at radius 1 is 1.45 bits per heavy atom. The zero-order valence-corrected chi connectivity index (χ0v) is 8.24. The summed E-state index contributed by atoms with van der Waals surface area (Å²) in [6.07, 6.45) is 0. The first kappa shape index (κ1) is 7.50. The predicted molar refractivity (Wildman–Crippen MR) is 50.4 cm³/mol. The minimum absolute atomic E-state index is 0.828. The van der Waals surface area contributed by atoms with Gasteiger partial charge in [0.05, 0.1) is 11.5 Å². The van der Waals surface area contributed by atoms with Crippen molar-refractivity contribution in [2.24, 2.45) is 0 Å². The third kappa shape index (κ3) is 1.40. The first-order valence-corrected chi connectivity index (χ1v) is 5.20. The molecule has 0 unspecified atom stereocenters. The summed E-state index contributed by atoms with van der Waals surface area (Å²) in [5.74, 6) is 2.06. The summed E-state index contributed by atoms with van der Waals surface area (Å²) in [7, 11) is 0. The van der Waals surface area contributed by atoms with Crippen LogP contribution in [0.4, 0.5) is 0 Å². The second-order valence-corrected chi connectivity index (χ2v) is 4.22. The van der Waals surface area contributed by atoms with Crippen LogP contribution in [0, 0.1) is 0 Å². The van der Waals surface area contributed by atoms with Gasteiger partial charge in [0.25, 0.3) is 0 Å². The van der Waals surface area contributed by atoms with Gasteiger partial charge in [-0.1, -0.05) is 6.07 Å². The monoisotopic (exact) mass is 230 g/mol. The molecular formula is C8H7BrOS. The van der Waals surface area contributed by atoms with Crippen molar-refractivity contribution in [2.45, 2.75) is 4.90 Å². The number of ether oxygens (including phenoxy) is 1. The van der Waals surface area contributed by atoms with Crippen LogP contribution in [-0.2, 0) is 0 Å². The summed E-state index contributed by atoms with van der Waals surface area (Å²) in [6, 6.07) is 6.04. The van der Waals surface area contributed by atoms with Gasteiger partial charge in [-0.25, -0.2) is 0 Å². The fourth-order valence-electron chi connectivity index (χ4n) is 1.04. The van der Waals surface area contributed by atoms with Crippen LogP contribution in [0.15, 0.2) is 27.6 Å². The van der Waals surface area contributed by atoms with E-state index in [4.69, 9.17) is 4.74 Å². The Kier molecular flexibility index (Phi) is 2.09. The van der Waals surface area contributed by atoms with Gasteiger partial charge < -0.3 is 4.74 Å². The second-order valence-electron chi connectivity index (χ2n) is 2.26. The lowest BCUT2D eigenvalue weighted by atomic mass is 10.3. The quantitative estimate of drug-likeness (QED) is 0.678. The largest absolute Gasteiger partial charge is 0.492 e. The molecule has 58 valence electrons. The van der Waals surface area contributed by atoms with Crippen LogP contribution in [0.3, 0.4) is 0 Å². The lowest BCUT2D eigenvalue weighted by molar-refractivity contribution is 0.329. The Morgan fingerprint density at radius 3 is 3.18 bits per heavy atom. The molecule has 0 amide bonds. The fraction of sp³-hybridized carbons (Fsp3) is 0.250.